The van der Waals surface area contributed by atoms with Gasteiger partial charge in [0.1, 0.15) is 15.9 Å². The Morgan fingerprint density at radius 1 is 1.22 bits per heavy atom. The summed E-state index contributed by atoms with van der Waals surface area (Å²) in [6.07, 6.45) is 1.22. The van der Waals surface area contributed by atoms with Gasteiger partial charge in [-0.15, -0.1) is 0 Å². The molecule has 2 aromatic rings. The van der Waals surface area contributed by atoms with Gasteiger partial charge in [-0.3, -0.25) is 4.79 Å². The highest BCUT2D eigenvalue weighted by Crippen LogP contribution is 2.25. The molecule has 1 aliphatic heterocycles. The summed E-state index contributed by atoms with van der Waals surface area (Å²) in [4.78, 5) is 15.6. The van der Waals surface area contributed by atoms with Gasteiger partial charge in [-0.25, -0.2) is 17.8 Å². The maximum Gasteiger partial charge on any atom is 0.257 e. The fraction of sp³-hybridized carbons (Fsp3) is 0.250. The second-order valence-corrected chi connectivity index (χ2v) is 8.28. The molecule has 11 heteroatoms. The predicted molar refractivity (Wildman–Crippen MR) is 98.2 cm³/mol. The van der Waals surface area contributed by atoms with Crippen molar-refractivity contribution in [3.8, 4) is 0 Å². The molecule has 1 aliphatic rings. The van der Waals surface area contributed by atoms with Crippen molar-refractivity contribution in [2.45, 2.75) is 4.90 Å². The summed E-state index contributed by atoms with van der Waals surface area (Å²) < 4.78 is 45.8. The number of nitrogens with one attached hydrogen (secondary N) is 1. The zero-order valence-corrected chi connectivity index (χ0v) is 16.1. The van der Waals surface area contributed by atoms with E-state index in [1.165, 1.54) is 18.3 Å². The van der Waals surface area contributed by atoms with Gasteiger partial charge in [-0.05, 0) is 24.3 Å². The third-order valence-electron chi connectivity index (χ3n) is 3.84. The van der Waals surface area contributed by atoms with Crippen molar-refractivity contribution < 1.29 is 22.3 Å². The number of hydrogen-bond acceptors (Lipinski definition) is 5. The van der Waals surface area contributed by atoms with Crippen molar-refractivity contribution in [3.05, 3.63) is 52.0 Å². The number of nitrogens with zero attached hydrogens (tertiary/aromatic N) is 2. The zero-order valence-electron chi connectivity index (χ0n) is 13.8. The third kappa shape index (κ3) is 4.39. The molecule has 1 fully saturated rings. The van der Waals surface area contributed by atoms with E-state index in [-0.39, 0.29) is 47.7 Å². The van der Waals surface area contributed by atoms with Crippen molar-refractivity contribution in [2.24, 2.45) is 0 Å². The SMILES string of the molecule is O=C(Nc1ccc(F)c(S(=O)(=O)N2CCOCC2)c1)c1cnc(Cl)c(Cl)c1. The molecule has 2 heterocycles. The van der Waals surface area contributed by atoms with Crippen LogP contribution in [-0.4, -0.2) is 49.9 Å². The van der Waals surface area contributed by atoms with Crippen LogP contribution >= 0.6 is 23.2 Å². The van der Waals surface area contributed by atoms with Gasteiger partial charge < -0.3 is 10.1 Å². The summed E-state index contributed by atoms with van der Waals surface area (Å²) in [5, 5.41) is 2.64. The Bertz CT molecular complexity index is 982. The van der Waals surface area contributed by atoms with Gasteiger partial charge in [0.2, 0.25) is 10.0 Å². The topological polar surface area (TPSA) is 88.6 Å². The van der Waals surface area contributed by atoms with Crippen LogP contribution in [-0.2, 0) is 14.8 Å². The number of ether oxygens (including phenoxy) is 1. The Morgan fingerprint density at radius 3 is 2.59 bits per heavy atom. The summed E-state index contributed by atoms with van der Waals surface area (Å²) in [6.45, 7) is 0.740. The molecule has 0 unspecified atom stereocenters. The number of halogens is 3. The second-order valence-electron chi connectivity index (χ2n) is 5.61. The van der Waals surface area contributed by atoms with E-state index < -0.39 is 26.6 Å². The fourth-order valence-electron chi connectivity index (χ4n) is 2.45. The average Bonchev–Trinajstić information content (AvgIpc) is 2.66. The van der Waals surface area contributed by atoms with Crippen LogP contribution in [0.25, 0.3) is 0 Å². The van der Waals surface area contributed by atoms with Gasteiger partial charge in [-0.1, -0.05) is 23.2 Å². The van der Waals surface area contributed by atoms with Crippen LogP contribution < -0.4 is 5.32 Å². The number of rotatable bonds is 4. The Morgan fingerprint density at radius 2 is 1.93 bits per heavy atom. The Labute approximate surface area is 165 Å². The molecular weight excluding hydrogens is 420 g/mol. The largest absolute Gasteiger partial charge is 0.379 e. The Balaban J connectivity index is 1.86. The van der Waals surface area contributed by atoms with Gasteiger partial charge >= 0.3 is 0 Å². The molecule has 0 bridgehead atoms. The number of carbonyl (C=O) groups excluding carboxylic acids is 1. The molecule has 144 valence electrons. The van der Waals surface area contributed by atoms with E-state index in [1.807, 2.05) is 0 Å². The number of anilines is 1. The number of aromatic nitrogens is 1. The Hall–Kier alpha value is -1.78. The molecule has 0 spiro atoms. The smallest absolute Gasteiger partial charge is 0.257 e. The summed E-state index contributed by atoms with van der Waals surface area (Å²) in [7, 11) is -4.05. The van der Waals surface area contributed by atoms with Crippen molar-refractivity contribution in [3.63, 3.8) is 0 Å². The fourth-order valence-corrected chi connectivity index (χ4v) is 4.22. The molecule has 7 nitrogen and oxygen atoms in total. The van der Waals surface area contributed by atoms with Crippen LogP contribution in [0.4, 0.5) is 10.1 Å². The number of carbonyl (C=O) groups is 1. The summed E-state index contributed by atoms with van der Waals surface area (Å²) in [5.74, 6) is -1.50. The number of pyridine rings is 1. The summed E-state index contributed by atoms with van der Waals surface area (Å²) >= 11 is 11.5. The number of hydrogen-bond donors (Lipinski definition) is 1. The molecule has 0 aliphatic carbocycles. The molecule has 0 atom stereocenters. The lowest BCUT2D eigenvalue weighted by atomic mass is 10.2. The minimum atomic E-state index is -4.05. The number of benzene rings is 1. The summed E-state index contributed by atoms with van der Waals surface area (Å²) in [5.41, 5.74) is 0.227. The zero-order chi connectivity index (χ0) is 19.6. The van der Waals surface area contributed by atoms with E-state index in [1.54, 1.807) is 0 Å². The van der Waals surface area contributed by atoms with E-state index in [0.29, 0.717) is 0 Å². The lowest BCUT2D eigenvalue weighted by molar-refractivity contribution is 0.0729. The molecule has 0 radical (unpaired) electrons. The van der Waals surface area contributed by atoms with E-state index in [2.05, 4.69) is 10.3 Å². The standard InChI is InChI=1S/C16H14Cl2FN3O4S/c17-12-7-10(9-20-15(12)18)16(23)21-11-1-2-13(19)14(8-11)27(24,25)22-3-5-26-6-4-22/h1-2,7-9H,3-6H2,(H,21,23). The van der Waals surface area contributed by atoms with Gasteiger partial charge in [0.25, 0.3) is 5.91 Å². The normalized spacial score (nSPS) is 15.5. The van der Waals surface area contributed by atoms with Crippen molar-refractivity contribution in [1.29, 1.82) is 0 Å². The van der Waals surface area contributed by atoms with Gasteiger partial charge in [-0.2, -0.15) is 4.31 Å². The Kier molecular flexibility index (Phi) is 5.97. The van der Waals surface area contributed by atoms with Gasteiger partial charge in [0.05, 0.1) is 23.8 Å². The lowest BCUT2D eigenvalue weighted by Crippen LogP contribution is -2.40. The monoisotopic (exact) mass is 433 g/mol. The van der Waals surface area contributed by atoms with Crippen molar-refractivity contribution in [2.75, 3.05) is 31.6 Å². The van der Waals surface area contributed by atoms with Crippen molar-refractivity contribution >= 4 is 44.8 Å². The van der Waals surface area contributed by atoms with Crippen LogP contribution in [0.3, 0.4) is 0 Å². The lowest BCUT2D eigenvalue weighted by Gasteiger charge is -2.26. The average molecular weight is 434 g/mol. The molecule has 3 rings (SSSR count). The molecule has 1 aromatic carbocycles. The highest BCUT2D eigenvalue weighted by Gasteiger charge is 2.29. The highest BCUT2D eigenvalue weighted by atomic mass is 35.5. The van der Waals surface area contributed by atoms with Crippen LogP contribution in [0, 0.1) is 5.82 Å². The first-order chi connectivity index (χ1) is 12.8. The maximum atomic E-state index is 14.2. The molecule has 1 N–H and O–H groups in total. The highest BCUT2D eigenvalue weighted by molar-refractivity contribution is 7.89. The van der Waals surface area contributed by atoms with E-state index >= 15 is 0 Å². The van der Waals surface area contributed by atoms with Crippen LogP contribution in [0.15, 0.2) is 35.4 Å². The number of sulfonamides is 1. The second kappa shape index (κ2) is 8.07. The molecule has 1 saturated heterocycles. The van der Waals surface area contributed by atoms with E-state index in [4.69, 9.17) is 27.9 Å². The van der Waals surface area contributed by atoms with E-state index in [9.17, 15) is 17.6 Å². The number of amides is 1. The minimum Gasteiger partial charge on any atom is -0.379 e. The molecule has 1 amide bonds. The maximum absolute atomic E-state index is 14.2. The minimum absolute atomic E-state index is 0.0499. The van der Waals surface area contributed by atoms with Gasteiger partial charge in [0.15, 0.2) is 0 Å². The first-order valence-electron chi connectivity index (χ1n) is 7.79. The predicted octanol–water partition coefficient (Wildman–Crippen LogP) is 2.80. The molecule has 1 aromatic heterocycles. The first-order valence-corrected chi connectivity index (χ1v) is 9.98. The van der Waals surface area contributed by atoms with Crippen LogP contribution in [0.5, 0.6) is 0 Å². The van der Waals surface area contributed by atoms with Crippen molar-refractivity contribution in [1.82, 2.24) is 9.29 Å². The molecule has 0 saturated carbocycles. The first kappa shape index (κ1) is 20.0. The molecular formula is C16H14Cl2FN3O4S. The number of morpholine rings is 1. The molecule has 27 heavy (non-hydrogen) atoms. The van der Waals surface area contributed by atoms with Crippen LogP contribution in [0.2, 0.25) is 10.2 Å². The van der Waals surface area contributed by atoms with E-state index in [0.717, 1.165) is 16.4 Å². The van der Waals surface area contributed by atoms with Gasteiger partial charge in [0, 0.05) is 25.0 Å². The quantitative estimate of drug-likeness (QED) is 0.748. The van der Waals surface area contributed by atoms with Crippen LogP contribution in [0.1, 0.15) is 10.4 Å². The third-order valence-corrected chi connectivity index (χ3v) is 6.44. The summed E-state index contributed by atoms with van der Waals surface area (Å²) in [6, 6.07) is 4.64.